The Morgan fingerprint density at radius 1 is 1.37 bits per heavy atom. The highest BCUT2D eigenvalue weighted by molar-refractivity contribution is 6.05. The summed E-state index contributed by atoms with van der Waals surface area (Å²) in [7, 11) is 0. The van der Waals surface area contributed by atoms with Crippen molar-refractivity contribution in [2.45, 2.75) is 6.42 Å². The van der Waals surface area contributed by atoms with Crippen molar-refractivity contribution in [2.24, 2.45) is 11.7 Å². The molecule has 1 heterocycles. The second kappa shape index (κ2) is 4.60. The Hall–Kier alpha value is -2.57. The van der Waals surface area contributed by atoms with E-state index in [0.717, 1.165) is 6.07 Å². The Morgan fingerprint density at radius 3 is 2.58 bits per heavy atom. The fourth-order valence-electron chi connectivity index (χ4n) is 2.06. The van der Waals surface area contributed by atoms with Gasteiger partial charge in [0.25, 0.3) is 0 Å². The van der Waals surface area contributed by atoms with E-state index in [0.29, 0.717) is 0 Å². The standard InChI is InChI=1S/C12H12N2O5/c13-11(17)6-3-10(16)14(5-6)9-2-1-7(15)4-8(9)12(18)19/h1-2,4,6,15H,3,5H2,(H2,13,17)(H,18,19). The first kappa shape index (κ1) is 12.9. The van der Waals surface area contributed by atoms with Gasteiger partial charge in [0.15, 0.2) is 0 Å². The maximum absolute atomic E-state index is 11.8. The van der Waals surface area contributed by atoms with Gasteiger partial charge in [0.2, 0.25) is 11.8 Å². The molecule has 4 N–H and O–H groups in total. The Morgan fingerprint density at radius 2 is 2.05 bits per heavy atom. The molecule has 7 heteroatoms. The number of carboxylic acids is 1. The lowest BCUT2D eigenvalue weighted by Gasteiger charge is -2.18. The molecule has 1 saturated heterocycles. The molecule has 1 aromatic carbocycles. The number of aromatic hydroxyl groups is 1. The summed E-state index contributed by atoms with van der Waals surface area (Å²) in [5.74, 6) is -3.05. The number of primary amides is 1. The minimum atomic E-state index is -1.26. The van der Waals surface area contributed by atoms with Crippen LogP contribution < -0.4 is 10.6 Å². The van der Waals surface area contributed by atoms with Gasteiger partial charge in [0, 0.05) is 13.0 Å². The van der Waals surface area contributed by atoms with Gasteiger partial charge in [-0.15, -0.1) is 0 Å². The van der Waals surface area contributed by atoms with Crippen molar-refractivity contribution in [1.29, 1.82) is 0 Å². The molecule has 1 unspecified atom stereocenters. The lowest BCUT2D eigenvalue weighted by atomic mass is 10.1. The summed E-state index contributed by atoms with van der Waals surface area (Å²) in [5, 5.41) is 18.4. The first-order chi connectivity index (χ1) is 8.90. The summed E-state index contributed by atoms with van der Waals surface area (Å²) in [6, 6.07) is 3.68. The molecule has 1 fully saturated rings. The van der Waals surface area contributed by atoms with Crippen LogP contribution in [0.2, 0.25) is 0 Å². The maximum atomic E-state index is 11.8. The summed E-state index contributed by atoms with van der Waals surface area (Å²) in [6.45, 7) is 0.0548. The van der Waals surface area contributed by atoms with Gasteiger partial charge in [-0.25, -0.2) is 4.79 Å². The molecule has 0 aliphatic carbocycles. The predicted molar refractivity (Wildman–Crippen MR) is 64.7 cm³/mol. The van der Waals surface area contributed by atoms with Gasteiger partial charge < -0.3 is 20.8 Å². The van der Waals surface area contributed by atoms with Gasteiger partial charge in [-0.3, -0.25) is 9.59 Å². The van der Waals surface area contributed by atoms with E-state index in [4.69, 9.17) is 10.8 Å². The number of carboxylic acid groups (broad SMARTS) is 1. The minimum absolute atomic E-state index is 0.0325. The van der Waals surface area contributed by atoms with E-state index in [2.05, 4.69) is 0 Å². The summed E-state index contributed by atoms with van der Waals surface area (Å²) in [5.41, 5.74) is 5.10. The van der Waals surface area contributed by atoms with E-state index in [9.17, 15) is 19.5 Å². The molecule has 0 bridgehead atoms. The number of phenols is 1. The highest BCUT2D eigenvalue weighted by Gasteiger charge is 2.35. The summed E-state index contributed by atoms with van der Waals surface area (Å²) in [6.07, 6.45) is -0.0325. The van der Waals surface area contributed by atoms with Crippen LogP contribution in [0.25, 0.3) is 0 Å². The number of benzene rings is 1. The number of carbonyl (C=O) groups is 3. The quantitative estimate of drug-likeness (QED) is 0.705. The number of carbonyl (C=O) groups excluding carboxylic acids is 2. The number of hydrogen-bond donors (Lipinski definition) is 3. The van der Waals surface area contributed by atoms with Crippen LogP contribution in [0, 0.1) is 5.92 Å². The molecule has 1 aliphatic rings. The largest absolute Gasteiger partial charge is 0.508 e. The number of rotatable bonds is 3. The Bertz CT molecular complexity index is 569. The van der Waals surface area contributed by atoms with Crippen molar-refractivity contribution in [3.8, 4) is 5.75 Å². The van der Waals surface area contributed by atoms with Crippen molar-refractivity contribution in [3.05, 3.63) is 23.8 Å². The fourth-order valence-corrected chi connectivity index (χ4v) is 2.06. The van der Waals surface area contributed by atoms with E-state index in [1.54, 1.807) is 0 Å². The van der Waals surface area contributed by atoms with Gasteiger partial charge in [-0.2, -0.15) is 0 Å². The molecule has 2 rings (SSSR count). The first-order valence-corrected chi connectivity index (χ1v) is 5.56. The summed E-state index contributed by atoms with van der Waals surface area (Å²) < 4.78 is 0. The summed E-state index contributed by atoms with van der Waals surface area (Å²) >= 11 is 0. The molecule has 19 heavy (non-hydrogen) atoms. The molecule has 2 amide bonds. The van der Waals surface area contributed by atoms with Crippen LogP contribution in [0.15, 0.2) is 18.2 Å². The molecule has 1 aliphatic heterocycles. The third kappa shape index (κ3) is 2.35. The second-order valence-electron chi connectivity index (χ2n) is 4.31. The molecule has 7 nitrogen and oxygen atoms in total. The van der Waals surface area contributed by atoms with E-state index in [1.807, 2.05) is 0 Å². The molecule has 0 spiro atoms. The van der Waals surface area contributed by atoms with E-state index in [1.165, 1.54) is 17.0 Å². The van der Waals surface area contributed by atoms with Crippen LogP contribution in [-0.4, -0.2) is 34.5 Å². The van der Waals surface area contributed by atoms with Gasteiger partial charge in [0.1, 0.15) is 5.75 Å². The van der Waals surface area contributed by atoms with Crippen LogP contribution in [0.3, 0.4) is 0 Å². The molecule has 0 saturated carbocycles. The zero-order chi connectivity index (χ0) is 14.2. The Balaban J connectivity index is 2.40. The topological polar surface area (TPSA) is 121 Å². The average molecular weight is 264 g/mol. The van der Waals surface area contributed by atoms with E-state index in [-0.39, 0.29) is 35.9 Å². The molecular weight excluding hydrogens is 252 g/mol. The van der Waals surface area contributed by atoms with Crippen LogP contribution in [0.5, 0.6) is 5.75 Å². The molecule has 0 radical (unpaired) electrons. The van der Waals surface area contributed by atoms with Gasteiger partial charge in [-0.1, -0.05) is 0 Å². The predicted octanol–water partition coefficient (Wildman–Crippen LogP) is -0.0714. The molecular formula is C12H12N2O5. The van der Waals surface area contributed by atoms with Crippen LogP contribution in [0.1, 0.15) is 16.8 Å². The number of nitrogens with two attached hydrogens (primary N) is 1. The SMILES string of the molecule is NC(=O)C1CC(=O)N(c2ccc(O)cc2C(=O)O)C1. The van der Waals surface area contributed by atoms with Gasteiger partial charge >= 0.3 is 5.97 Å². The van der Waals surface area contributed by atoms with Crippen LogP contribution in [-0.2, 0) is 9.59 Å². The highest BCUT2D eigenvalue weighted by Crippen LogP contribution is 2.30. The van der Waals surface area contributed by atoms with E-state index < -0.39 is 17.8 Å². The number of nitrogens with zero attached hydrogens (tertiary/aromatic N) is 1. The molecule has 1 atom stereocenters. The number of hydrogen-bond acceptors (Lipinski definition) is 4. The molecule has 100 valence electrons. The third-order valence-electron chi connectivity index (χ3n) is 3.03. The fraction of sp³-hybridized carbons (Fsp3) is 0.250. The first-order valence-electron chi connectivity index (χ1n) is 5.56. The van der Waals surface area contributed by atoms with Crippen molar-refractivity contribution in [2.75, 3.05) is 11.4 Å². The van der Waals surface area contributed by atoms with Crippen LogP contribution >= 0.6 is 0 Å². The molecule has 0 aromatic heterocycles. The number of anilines is 1. The normalized spacial score (nSPS) is 18.6. The maximum Gasteiger partial charge on any atom is 0.337 e. The monoisotopic (exact) mass is 264 g/mol. The second-order valence-corrected chi connectivity index (χ2v) is 4.31. The lowest BCUT2D eigenvalue weighted by Crippen LogP contribution is -2.29. The number of phenolic OH excluding ortho intramolecular Hbond substituents is 1. The van der Waals surface area contributed by atoms with Gasteiger partial charge in [-0.05, 0) is 18.2 Å². The third-order valence-corrected chi connectivity index (χ3v) is 3.03. The lowest BCUT2D eigenvalue weighted by molar-refractivity contribution is -0.123. The summed E-state index contributed by atoms with van der Waals surface area (Å²) in [4.78, 5) is 35.2. The van der Waals surface area contributed by atoms with Crippen LogP contribution in [0.4, 0.5) is 5.69 Å². The zero-order valence-corrected chi connectivity index (χ0v) is 9.87. The highest BCUT2D eigenvalue weighted by atomic mass is 16.4. The number of amides is 2. The van der Waals surface area contributed by atoms with Crippen molar-refractivity contribution in [3.63, 3.8) is 0 Å². The van der Waals surface area contributed by atoms with Crippen molar-refractivity contribution >= 4 is 23.5 Å². The smallest absolute Gasteiger partial charge is 0.337 e. The van der Waals surface area contributed by atoms with E-state index >= 15 is 0 Å². The number of aromatic carboxylic acids is 1. The van der Waals surface area contributed by atoms with Crippen molar-refractivity contribution < 1.29 is 24.6 Å². The molecule has 1 aromatic rings. The zero-order valence-electron chi connectivity index (χ0n) is 9.87. The average Bonchev–Trinajstić information content (AvgIpc) is 2.71. The van der Waals surface area contributed by atoms with Gasteiger partial charge in [0.05, 0.1) is 17.2 Å². The Kier molecular flexibility index (Phi) is 3.12. The Labute approximate surface area is 108 Å². The minimum Gasteiger partial charge on any atom is -0.508 e. The van der Waals surface area contributed by atoms with Crippen molar-refractivity contribution in [1.82, 2.24) is 0 Å².